The number of H-pyrrole nitrogens is 2. The summed E-state index contributed by atoms with van der Waals surface area (Å²) >= 11 is 0. The van der Waals surface area contributed by atoms with Gasteiger partial charge in [0.05, 0.1) is 22.4 Å². The molecular weight excluding hydrogens is 314 g/mol. The fraction of sp³-hybridized carbons (Fsp3) is 0.211. The van der Waals surface area contributed by atoms with E-state index in [2.05, 4.69) is 26.1 Å². The van der Waals surface area contributed by atoms with Crippen molar-refractivity contribution in [3.8, 4) is 22.8 Å². The van der Waals surface area contributed by atoms with E-state index < -0.39 is 0 Å². The van der Waals surface area contributed by atoms with E-state index >= 15 is 0 Å². The normalized spacial score (nSPS) is 11.4. The predicted molar refractivity (Wildman–Crippen MR) is 97.6 cm³/mol. The second-order valence-corrected chi connectivity index (χ2v) is 6.34. The molecule has 4 rings (SSSR count). The Labute approximate surface area is 144 Å². The van der Waals surface area contributed by atoms with Crippen LogP contribution in [0.3, 0.4) is 0 Å². The van der Waals surface area contributed by atoms with Crippen molar-refractivity contribution in [3.63, 3.8) is 0 Å². The van der Waals surface area contributed by atoms with E-state index in [-0.39, 0.29) is 5.78 Å². The Bertz CT molecular complexity index is 1110. The zero-order chi connectivity index (χ0) is 17.7. The van der Waals surface area contributed by atoms with Crippen molar-refractivity contribution in [1.29, 1.82) is 0 Å². The Kier molecular flexibility index (Phi) is 3.35. The highest BCUT2D eigenvalue weighted by molar-refractivity contribution is 5.98. The molecule has 0 saturated carbocycles. The van der Waals surface area contributed by atoms with Crippen LogP contribution in [0.4, 0.5) is 0 Å². The molecule has 0 amide bonds. The first-order valence-corrected chi connectivity index (χ1v) is 8.14. The number of nitrogens with one attached hydrogen (secondary N) is 2. The number of rotatable bonds is 3. The van der Waals surface area contributed by atoms with Crippen molar-refractivity contribution in [3.05, 3.63) is 47.3 Å². The Morgan fingerprint density at radius 3 is 2.60 bits per heavy atom. The number of imidazole rings is 1. The minimum atomic E-state index is 0.0621. The second kappa shape index (κ2) is 5.44. The van der Waals surface area contributed by atoms with Gasteiger partial charge < -0.3 is 9.97 Å². The number of benzene rings is 1. The summed E-state index contributed by atoms with van der Waals surface area (Å²) in [5, 5.41) is 4.22. The molecule has 6 nitrogen and oxygen atoms in total. The van der Waals surface area contributed by atoms with E-state index in [1.54, 1.807) is 13.1 Å². The van der Waals surface area contributed by atoms with Gasteiger partial charge in [0.1, 0.15) is 0 Å². The molecule has 0 aliphatic heterocycles. The number of nitrogens with zero attached hydrogens (tertiary/aromatic N) is 3. The van der Waals surface area contributed by atoms with Gasteiger partial charge in [-0.3, -0.25) is 9.48 Å². The van der Waals surface area contributed by atoms with Crippen LogP contribution >= 0.6 is 0 Å². The number of aromatic nitrogens is 5. The molecule has 2 N–H and O–H groups in total. The number of aromatic amines is 2. The summed E-state index contributed by atoms with van der Waals surface area (Å²) in [4.78, 5) is 23.2. The molecule has 126 valence electrons. The molecule has 0 spiro atoms. The fourth-order valence-corrected chi connectivity index (χ4v) is 3.46. The highest BCUT2D eigenvalue weighted by atomic mass is 16.1. The number of Topliss-reactive ketones (excluding diaryl/α,β-unsaturated/α-hetero) is 1. The monoisotopic (exact) mass is 333 g/mol. The Hall–Kier alpha value is -3.15. The third-order valence-corrected chi connectivity index (χ3v) is 4.62. The zero-order valence-electron chi connectivity index (χ0n) is 14.6. The zero-order valence-corrected chi connectivity index (χ0v) is 14.6. The lowest BCUT2D eigenvalue weighted by Gasteiger charge is -2.01. The summed E-state index contributed by atoms with van der Waals surface area (Å²) < 4.78 is 1.84. The Morgan fingerprint density at radius 2 is 1.96 bits per heavy atom. The van der Waals surface area contributed by atoms with Gasteiger partial charge >= 0.3 is 0 Å². The van der Waals surface area contributed by atoms with Gasteiger partial charge in [0, 0.05) is 30.1 Å². The molecule has 3 aromatic heterocycles. The van der Waals surface area contributed by atoms with E-state index in [4.69, 9.17) is 0 Å². The molecule has 3 heterocycles. The molecule has 0 aliphatic rings. The largest absolute Gasteiger partial charge is 0.355 e. The van der Waals surface area contributed by atoms with Crippen molar-refractivity contribution in [2.45, 2.75) is 20.8 Å². The van der Waals surface area contributed by atoms with Gasteiger partial charge in [0.25, 0.3) is 0 Å². The van der Waals surface area contributed by atoms with Gasteiger partial charge in [-0.15, -0.1) is 0 Å². The molecule has 25 heavy (non-hydrogen) atoms. The standard InChI is InChI=1S/C19H19N5O/c1-10-17(12(3)25)11(2)21-18(10)19-22-14-6-5-13(9-15(14)23-19)16-7-8-20-24(16)4/h5-9,21H,1-4H3,(H,22,23). The average molecular weight is 333 g/mol. The smallest absolute Gasteiger partial charge is 0.161 e. The van der Waals surface area contributed by atoms with Gasteiger partial charge in [-0.1, -0.05) is 6.07 Å². The maximum atomic E-state index is 11.9. The molecule has 0 atom stereocenters. The number of hydrogen-bond acceptors (Lipinski definition) is 3. The topological polar surface area (TPSA) is 79.4 Å². The molecule has 1 aromatic carbocycles. The van der Waals surface area contributed by atoms with Gasteiger partial charge in [-0.25, -0.2) is 4.98 Å². The quantitative estimate of drug-likeness (QED) is 0.560. The van der Waals surface area contributed by atoms with Crippen LogP contribution < -0.4 is 0 Å². The third-order valence-electron chi connectivity index (χ3n) is 4.62. The second-order valence-electron chi connectivity index (χ2n) is 6.34. The van der Waals surface area contributed by atoms with Crippen molar-refractivity contribution >= 4 is 16.8 Å². The summed E-state index contributed by atoms with van der Waals surface area (Å²) in [5.74, 6) is 0.803. The van der Waals surface area contributed by atoms with E-state index in [0.717, 1.165) is 50.6 Å². The highest BCUT2D eigenvalue weighted by Crippen LogP contribution is 2.29. The molecule has 6 heteroatoms. The van der Waals surface area contributed by atoms with Crippen molar-refractivity contribution in [2.24, 2.45) is 7.05 Å². The van der Waals surface area contributed by atoms with Crippen LogP contribution in [0.15, 0.2) is 30.5 Å². The lowest BCUT2D eigenvalue weighted by atomic mass is 10.1. The summed E-state index contributed by atoms with van der Waals surface area (Å²) in [6, 6.07) is 8.09. The molecular formula is C19H19N5O. The molecule has 0 unspecified atom stereocenters. The number of carbonyl (C=O) groups excluding carboxylic acids is 1. The van der Waals surface area contributed by atoms with Crippen LogP contribution in [-0.4, -0.2) is 30.5 Å². The highest BCUT2D eigenvalue weighted by Gasteiger charge is 2.18. The molecule has 0 aliphatic carbocycles. The van der Waals surface area contributed by atoms with E-state index in [1.807, 2.05) is 43.8 Å². The van der Waals surface area contributed by atoms with Crippen LogP contribution in [-0.2, 0) is 7.05 Å². The maximum absolute atomic E-state index is 11.9. The molecule has 4 aromatic rings. The van der Waals surface area contributed by atoms with Crippen LogP contribution in [0.25, 0.3) is 33.8 Å². The molecule has 0 radical (unpaired) electrons. The first-order valence-electron chi connectivity index (χ1n) is 8.14. The van der Waals surface area contributed by atoms with E-state index in [1.165, 1.54) is 0 Å². The van der Waals surface area contributed by atoms with Gasteiger partial charge in [-0.05, 0) is 44.5 Å². The van der Waals surface area contributed by atoms with Crippen LogP contribution in [0, 0.1) is 13.8 Å². The van der Waals surface area contributed by atoms with Gasteiger partial charge in [0.15, 0.2) is 11.6 Å². The predicted octanol–water partition coefficient (Wildman–Crippen LogP) is 3.78. The van der Waals surface area contributed by atoms with Crippen molar-refractivity contribution < 1.29 is 4.79 Å². The minimum Gasteiger partial charge on any atom is -0.355 e. The van der Waals surface area contributed by atoms with E-state index in [9.17, 15) is 4.79 Å². The number of aryl methyl sites for hydroxylation is 2. The summed E-state index contributed by atoms with van der Waals surface area (Å²) in [5.41, 5.74) is 7.36. The lowest BCUT2D eigenvalue weighted by Crippen LogP contribution is -1.94. The van der Waals surface area contributed by atoms with Crippen LogP contribution in [0.2, 0.25) is 0 Å². The summed E-state index contributed by atoms with van der Waals surface area (Å²) in [7, 11) is 1.92. The van der Waals surface area contributed by atoms with E-state index in [0.29, 0.717) is 0 Å². The van der Waals surface area contributed by atoms with Crippen LogP contribution in [0.1, 0.15) is 28.5 Å². The first kappa shape index (κ1) is 15.4. The Morgan fingerprint density at radius 1 is 1.16 bits per heavy atom. The SMILES string of the molecule is CC(=O)c1c(C)[nH]c(-c2nc3ccc(-c4ccnn4C)cc3[nH]2)c1C. The average Bonchev–Trinajstić information content (AvgIpc) is 3.23. The van der Waals surface area contributed by atoms with Crippen LogP contribution in [0.5, 0.6) is 0 Å². The number of fused-ring (bicyclic) bond motifs is 1. The number of hydrogen-bond donors (Lipinski definition) is 2. The fourth-order valence-electron chi connectivity index (χ4n) is 3.46. The number of ketones is 1. The summed E-state index contributed by atoms with van der Waals surface area (Å²) in [6.45, 7) is 5.45. The van der Waals surface area contributed by atoms with Crippen molar-refractivity contribution in [1.82, 2.24) is 24.7 Å². The van der Waals surface area contributed by atoms with Crippen molar-refractivity contribution in [2.75, 3.05) is 0 Å². The first-order chi connectivity index (χ1) is 12.0. The number of carbonyl (C=O) groups is 1. The van der Waals surface area contributed by atoms with Gasteiger partial charge in [-0.2, -0.15) is 5.10 Å². The lowest BCUT2D eigenvalue weighted by molar-refractivity contribution is 0.101. The molecule has 0 bridgehead atoms. The molecule has 0 fully saturated rings. The maximum Gasteiger partial charge on any atom is 0.161 e. The van der Waals surface area contributed by atoms with Gasteiger partial charge in [0.2, 0.25) is 0 Å². The molecule has 0 saturated heterocycles. The minimum absolute atomic E-state index is 0.0621. The summed E-state index contributed by atoms with van der Waals surface area (Å²) in [6.07, 6.45) is 1.78. The Balaban J connectivity index is 1.84. The third kappa shape index (κ3) is 2.38.